The standard InChI is InChI=1S/C24H19ClFNO5/c1-13-10-17(23(31-2)18(25)11-13)21(28)19-20(14-5-7-15(26)8-6-14)27(24(30)22(19)29)12-16-4-3-9-32-16/h3-11,20,28H,12H2,1-2H3/b21-19+. The third-order valence-corrected chi connectivity index (χ3v) is 5.56. The first-order valence-electron chi connectivity index (χ1n) is 9.72. The lowest BCUT2D eigenvalue weighted by molar-refractivity contribution is -0.140. The Morgan fingerprint density at radius 2 is 1.94 bits per heavy atom. The molecule has 8 heteroatoms. The summed E-state index contributed by atoms with van der Waals surface area (Å²) in [7, 11) is 1.39. The number of likely N-dealkylation sites (tertiary alicyclic amines) is 1. The van der Waals surface area contributed by atoms with E-state index in [1.807, 2.05) is 0 Å². The van der Waals surface area contributed by atoms with Gasteiger partial charge in [-0.05, 0) is 54.4 Å². The van der Waals surface area contributed by atoms with Gasteiger partial charge in [0.15, 0.2) is 0 Å². The molecule has 1 fully saturated rings. The van der Waals surface area contributed by atoms with Gasteiger partial charge in [0, 0.05) is 0 Å². The minimum Gasteiger partial charge on any atom is -0.507 e. The third-order valence-electron chi connectivity index (χ3n) is 5.28. The Morgan fingerprint density at radius 3 is 2.56 bits per heavy atom. The van der Waals surface area contributed by atoms with Crippen molar-refractivity contribution in [2.75, 3.05) is 7.11 Å². The van der Waals surface area contributed by atoms with Gasteiger partial charge in [-0.2, -0.15) is 0 Å². The molecule has 1 atom stereocenters. The summed E-state index contributed by atoms with van der Waals surface area (Å²) in [6, 6.07) is 11.0. The second kappa shape index (κ2) is 8.51. The van der Waals surface area contributed by atoms with E-state index in [4.69, 9.17) is 20.8 Å². The maximum Gasteiger partial charge on any atom is 0.296 e. The molecule has 1 N–H and O–H groups in total. The van der Waals surface area contributed by atoms with E-state index in [0.717, 1.165) is 5.56 Å². The van der Waals surface area contributed by atoms with Crippen molar-refractivity contribution < 1.29 is 28.2 Å². The summed E-state index contributed by atoms with van der Waals surface area (Å²) >= 11 is 6.27. The van der Waals surface area contributed by atoms with E-state index in [9.17, 15) is 19.1 Å². The van der Waals surface area contributed by atoms with Gasteiger partial charge in [0.25, 0.3) is 11.7 Å². The molecule has 3 aromatic rings. The largest absolute Gasteiger partial charge is 0.507 e. The van der Waals surface area contributed by atoms with Crippen molar-refractivity contribution >= 4 is 29.1 Å². The predicted molar refractivity (Wildman–Crippen MR) is 116 cm³/mol. The van der Waals surface area contributed by atoms with Gasteiger partial charge in [-0.15, -0.1) is 0 Å². The van der Waals surface area contributed by atoms with E-state index in [1.54, 1.807) is 31.2 Å². The number of ketones is 1. The van der Waals surface area contributed by atoms with Crippen LogP contribution in [0.4, 0.5) is 4.39 Å². The molecule has 32 heavy (non-hydrogen) atoms. The van der Waals surface area contributed by atoms with E-state index < -0.39 is 29.3 Å². The predicted octanol–water partition coefficient (Wildman–Crippen LogP) is 5.01. The van der Waals surface area contributed by atoms with Crippen molar-refractivity contribution in [2.24, 2.45) is 0 Å². The maximum absolute atomic E-state index is 13.6. The second-order valence-electron chi connectivity index (χ2n) is 7.39. The van der Waals surface area contributed by atoms with Gasteiger partial charge < -0.3 is 19.2 Å². The highest BCUT2D eigenvalue weighted by molar-refractivity contribution is 6.46. The maximum atomic E-state index is 13.6. The van der Waals surface area contributed by atoms with E-state index in [-0.39, 0.29) is 28.5 Å². The number of ether oxygens (including phenoxy) is 1. The number of methoxy groups -OCH3 is 1. The van der Waals surface area contributed by atoms with Crippen molar-refractivity contribution in [1.29, 1.82) is 0 Å². The zero-order valence-corrected chi connectivity index (χ0v) is 18.0. The fourth-order valence-corrected chi connectivity index (χ4v) is 4.21. The number of carbonyl (C=O) groups excluding carboxylic acids is 2. The summed E-state index contributed by atoms with van der Waals surface area (Å²) in [6.07, 6.45) is 1.46. The van der Waals surface area contributed by atoms with E-state index in [2.05, 4.69) is 0 Å². The molecule has 1 aromatic heterocycles. The number of nitrogens with zero attached hydrogens (tertiary/aromatic N) is 1. The zero-order valence-electron chi connectivity index (χ0n) is 17.3. The lowest BCUT2D eigenvalue weighted by atomic mass is 9.94. The van der Waals surface area contributed by atoms with Crippen molar-refractivity contribution in [3.05, 3.63) is 93.7 Å². The van der Waals surface area contributed by atoms with E-state index >= 15 is 0 Å². The first-order valence-corrected chi connectivity index (χ1v) is 10.1. The van der Waals surface area contributed by atoms with Crippen LogP contribution in [0.25, 0.3) is 5.76 Å². The third kappa shape index (κ3) is 3.76. The minimum atomic E-state index is -0.968. The number of hydrogen-bond acceptors (Lipinski definition) is 5. The molecule has 0 bridgehead atoms. The number of amides is 1. The smallest absolute Gasteiger partial charge is 0.296 e. The normalized spacial score (nSPS) is 17.8. The highest BCUT2D eigenvalue weighted by Gasteiger charge is 2.46. The molecular formula is C24H19ClFNO5. The molecule has 0 spiro atoms. The summed E-state index contributed by atoms with van der Waals surface area (Å²) in [5, 5.41) is 11.5. The van der Waals surface area contributed by atoms with Crippen LogP contribution in [-0.4, -0.2) is 28.8 Å². The van der Waals surface area contributed by atoms with Gasteiger partial charge in [-0.1, -0.05) is 23.7 Å². The molecule has 2 heterocycles. The number of furan rings is 1. The lowest BCUT2D eigenvalue weighted by Crippen LogP contribution is -2.29. The molecular weight excluding hydrogens is 437 g/mol. The average molecular weight is 456 g/mol. The quantitative estimate of drug-likeness (QED) is 0.332. The number of halogens is 2. The second-order valence-corrected chi connectivity index (χ2v) is 7.79. The van der Waals surface area contributed by atoms with Crippen molar-refractivity contribution in [1.82, 2.24) is 4.90 Å². The Kier molecular flexibility index (Phi) is 5.76. The van der Waals surface area contributed by atoms with Crippen LogP contribution >= 0.6 is 11.6 Å². The highest BCUT2D eigenvalue weighted by atomic mass is 35.5. The first-order chi connectivity index (χ1) is 15.3. The number of carbonyl (C=O) groups is 2. The molecule has 0 radical (unpaired) electrons. The number of aliphatic hydroxyl groups excluding tert-OH is 1. The number of aliphatic hydroxyl groups is 1. The molecule has 4 rings (SSSR count). The van der Waals surface area contributed by atoms with Crippen LogP contribution in [0.15, 0.2) is 64.8 Å². The molecule has 2 aromatic carbocycles. The Balaban J connectivity index is 1.93. The Hall–Kier alpha value is -3.58. The van der Waals surface area contributed by atoms with Crippen molar-refractivity contribution in [3.8, 4) is 5.75 Å². The number of rotatable bonds is 5. The minimum absolute atomic E-state index is 0.0118. The molecule has 1 unspecified atom stereocenters. The van der Waals surface area contributed by atoms with Crippen molar-refractivity contribution in [2.45, 2.75) is 19.5 Å². The Morgan fingerprint density at radius 1 is 1.22 bits per heavy atom. The lowest BCUT2D eigenvalue weighted by Gasteiger charge is -2.24. The van der Waals surface area contributed by atoms with Crippen LogP contribution in [0.2, 0.25) is 5.02 Å². The van der Waals surface area contributed by atoms with Crippen LogP contribution in [0, 0.1) is 12.7 Å². The molecule has 1 amide bonds. The highest BCUT2D eigenvalue weighted by Crippen LogP contribution is 2.43. The zero-order chi connectivity index (χ0) is 23.0. The fourth-order valence-electron chi connectivity index (χ4n) is 3.86. The number of Topliss-reactive ketones (excluding diaryl/α,β-unsaturated/α-hetero) is 1. The van der Waals surface area contributed by atoms with Crippen molar-refractivity contribution in [3.63, 3.8) is 0 Å². The van der Waals surface area contributed by atoms with E-state index in [1.165, 1.54) is 42.5 Å². The summed E-state index contributed by atoms with van der Waals surface area (Å²) < 4.78 is 24.3. The van der Waals surface area contributed by atoms with Gasteiger partial charge in [-0.25, -0.2) is 4.39 Å². The Bertz CT molecular complexity index is 1220. The number of hydrogen-bond donors (Lipinski definition) is 1. The fraction of sp³-hybridized carbons (Fsp3) is 0.167. The summed E-state index contributed by atoms with van der Waals surface area (Å²) in [5.41, 5.74) is 1.21. The monoisotopic (exact) mass is 455 g/mol. The first kappa shape index (κ1) is 21.6. The van der Waals surface area contributed by atoms with Crippen LogP contribution in [0.3, 0.4) is 0 Å². The van der Waals surface area contributed by atoms with Gasteiger partial charge in [0.05, 0.1) is 42.1 Å². The summed E-state index contributed by atoms with van der Waals surface area (Å²) in [4.78, 5) is 27.3. The van der Waals surface area contributed by atoms with Gasteiger partial charge in [0.2, 0.25) is 0 Å². The number of benzene rings is 2. The van der Waals surface area contributed by atoms with Crippen LogP contribution in [0.1, 0.15) is 28.5 Å². The summed E-state index contributed by atoms with van der Waals surface area (Å²) in [6.45, 7) is 1.76. The average Bonchev–Trinajstić information content (AvgIpc) is 3.36. The summed E-state index contributed by atoms with van der Waals surface area (Å²) in [5.74, 6) is -1.95. The Labute approximate surface area is 188 Å². The number of aryl methyl sites for hydroxylation is 1. The van der Waals surface area contributed by atoms with Crippen LogP contribution in [0.5, 0.6) is 5.75 Å². The SMILES string of the molecule is COc1c(Cl)cc(C)cc1/C(O)=C1\C(=O)C(=O)N(Cc2ccco2)C1c1ccc(F)cc1. The van der Waals surface area contributed by atoms with Gasteiger partial charge in [-0.3, -0.25) is 9.59 Å². The molecule has 1 aliphatic heterocycles. The topological polar surface area (TPSA) is 80.0 Å². The van der Waals surface area contributed by atoms with Gasteiger partial charge in [0.1, 0.15) is 23.1 Å². The molecule has 1 saturated heterocycles. The van der Waals surface area contributed by atoms with E-state index in [0.29, 0.717) is 11.3 Å². The molecule has 0 aliphatic carbocycles. The van der Waals surface area contributed by atoms with Crippen LogP contribution in [-0.2, 0) is 16.1 Å². The van der Waals surface area contributed by atoms with Gasteiger partial charge >= 0.3 is 0 Å². The van der Waals surface area contributed by atoms with Crippen LogP contribution < -0.4 is 4.74 Å². The molecule has 1 aliphatic rings. The molecule has 164 valence electrons. The molecule has 6 nitrogen and oxygen atoms in total. The molecule has 0 saturated carbocycles.